The Morgan fingerprint density at radius 1 is 1.00 bits per heavy atom. The molecule has 2 rings (SSSR count). The maximum absolute atomic E-state index is 2.81. The van der Waals surface area contributed by atoms with Gasteiger partial charge in [-0.1, -0.05) is 39.5 Å². The molecule has 2 heterocycles. The molecule has 0 aliphatic carbocycles. The van der Waals surface area contributed by atoms with Crippen LogP contribution in [-0.2, 0) is 0 Å². The number of piperazine rings is 1. The maximum Gasteiger partial charge on any atom is 0.0223 e. The lowest BCUT2D eigenvalue weighted by Crippen LogP contribution is -2.59. The summed E-state index contributed by atoms with van der Waals surface area (Å²) in [4.78, 5) is 5.59. The molecule has 2 atom stereocenters. The summed E-state index contributed by atoms with van der Waals surface area (Å²) in [6.45, 7) is 10.1. The lowest BCUT2D eigenvalue weighted by molar-refractivity contribution is 0.00689. The average molecular weight is 252 g/mol. The minimum absolute atomic E-state index is 0.834. The molecule has 0 radical (unpaired) electrons. The Balaban J connectivity index is 1.80. The molecular formula is C16H32N2. The largest absolute Gasteiger partial charge is 0.298 e. The molecule has 2 aliphatic rings. The van der Waals surface area contributed by atoms with E-state index in [-0.39, 0.29) is 0 Å². The second-order valence-corrected chi connectivity index (χ2v) is 6.26. The molecular weight excluding hydrogens is 220 g/mol. The fraction of sp³-hybridized carbons (Fsp3) is 1.00. The van der Waals surface area contributed by atoms with Crippen LogP contribution in [0, 0.1) is 0 Å². The molecule has 0 aromatic carbocycles. The van der Waals surface area contributed by atoms with Gasteiger partial charge in [-0.05, 0) is 38.8 Å². The van der Waals surface area contributed by atoms with Gasteiger partial charge in [0.1, 0.15) is 0 Å². The molecule has 2 fully saturated rings. The molecule has 0 bridgehead atoms. The molecule has 2 nitrogen and oxygen atoms in total. The van der Waals surface area contributed by atoms with Crippen LogP contribution in [0.15, 0.2) is 0 Å². The number of nitrogens with zero attached hydrogens (tertiary/aromatic N) is 2. The molecule has 0 saturated carbocycles. The summed E-state index contributed by atoms with van der Waals surface area (Å²) in [5, 5.41) is 0. The average Bonchev–Trinajstić information content (AvgIpc) is 2.42. The second kappa shape index (κ2) is 7.49. The topological polar surface area (TPSA) is 6.48 Å². The third kappa shape index (κ3) is 3.71. The molecule has 0 aromatic rings. The highest BCUT2D eigenvalue weighted by Gasteiger charge is 2.33. The molecule has 106 valence electrons. The Labute approximate surface area is 114 Å². The van der Waals surface area contributed by atoms with Crippen LogP contribution in [-0.4, -0.2) is 48.1 Å². The summed E-state index contributed by atoms with van der Waals surface area (Å²) in [6, 6.07) is 1.72. The van der Waals surface area contributed by atoms with E-state index in [1.54, 1.807) is 0 Å². The smallest absolute Gasteiger partial charge is 0.0223 e. The van der Waals surface area contributed by atoms with E-state index in [1.165, 1.54) is 77.5 Å². The summed E-state index contributed by atoms with van der Waals surface area (Å²) >= 11 is 0. The quantitative estimate of drug-likeness (QED) is 0.667. The highest BCUT2D eigenvalue weighted by atomic mass is 15.3. The standard InChI is InChI=1S/C16H32N2/c1-3-5-6-8-11-17-14-16-10-7-9-12-18(16)13-15(17)4-2/h15-16H,3-14H2,1-2H3. The molecule has 0 N–H and O–H groups in total. The van der Waals surface area contributed by atoms with Gasteiger partial charge in [-0.25, -0.2) is 0 Å². The summed E-state index contributed by atoms with van der Waals surface area (Å²) < 4.78 is 0. The zero-order valence-corrected chi connectivity index (χ0v) is 12.5. The minimum Gasteiger partial charge on any atom is -0.298 e. The normalized spacial score (nSPS) is 30.3. The van der Waals surface area contributed by atoms with Crippen molar-refractivity contribution in [2.24, 2.45) is 0 Å². The van der Waals surface area contributed by atoms with Gasteiger partial charge < -0.3 is 0 Å². The highest BCUT2D eigenvalue weighted by Crippen LogP contribution is 2.25. The molecule has 2 heteroatoms. The molecule has 2 aliphatic heterocycles. The fourth-order valence-corrected chi connectivity index (χ4v) is 3.72. The number of hydrogen-bond donors (Lipinski definition) is 0. The predicted molar refractivity (Wildman–Crippen MR) is 79.0 cm³/mol. The van der Waals surface area contributed by atoms with Crippen molar-refractivity contribution >= 4 is 0 Å². The van der Waals surface area contributed by atoms with Gasteiger partial charge in [0.25, 0.3) is 0 Å². The number of hydrogen-bond acceptors (Lipinski definition) is 2. The first kappa shape index (κ1) is 14.3. The second-order valence-electron chi connectivity index (χ2n) is 6.26. The first-order valence-corrected chi connectivity index (χ1v) is 8.33. The van der Waals surface area contributed by atoms with E-state index in [0.717, 1.165) is 12.1 Å². The third-order valence-electron chi connectivity index (χ3n) is 4.93. The van der Waals surface area contributed by atoms with Crippen LogP contribution in [0.1, 0.15) is 65.2 Å². The van der Waals surface area contributed by atoms with Gasteiger partial charge in [-0.3, -0.25) is 9.80 Å². The van der Waals surface area contributed by atoms with Crippen molar-refractivity contribution < 1.29 is 0 Å². The zero-order valence-electron chi connectivity index (χ0n) is 12.5. The van der Waals surface area contributed by atoms with Crippen molar-refractivity contribution in [1.82, 2.24) is 9.80 Å². The number of piperidine rings is 1. The summed E-state index contributed by atoms with van der Waals surface area (Å²) in [7, 11) is 0. The monoisotopic (exact) mass is 252 g/mol. The predicted octanol–water partition coefficient (Wildman–Crippen LogP) is 3.52. The van der Waals surface area contributed by atoms with E-state index in [4.69, 9.17) is 0 Å². The van der Waals surface area contributed by atoms with Crippen LogP contribution in [0.3, 0.4) is 0 Å². The van der Waals surface area contributed by atoms with Gasteiger partial charge in [0.15, 0.2) is 0 Å². The highest BCUT2D eigenvalue weighted by molar-refractivity contribution is 4.90. The van der Waals surface area contributed by atoms with Crippen molar-refractivity contribution in [1.29, 1.82) is 0 Å². The van der Waals surface area contributed by atoms with Gasteiger partial charge in [0.05, 0.1) is 0 Å². The molecule has 0 spiro atoms. The van der Waals surface area contributed by atoms with E-state index < -0.39 is 0 Å². The van der Waals surface area contributed by atoms with E-state index >= 15 is 0 Å². The van der Waals surface area contributed by atoms with E-state index in [0.29, 0.717) is 0 Å². The van der Waals surface area contributed by atoms with Crippen molar-refractivity contribution in [2.45, 2.75) is 77.3 Å². The Hall–Kier alpha value is -0.0800. The maximum atomic E-state index is 2.81. The van der Waals surface area contributed by atoms with Gasteiger partial charge in [-0.2, -0.15) is 0 Å². The summed E-state index contributed by atoms with van der Waals surface area (Å²) in [5.74, 6) is 0. The SMILES string of the molecule is CCCCCCN1CC2CCCCN2CC1CC. The molecule has 2 unspecified atom stereocenters. The number of unbranched alkanes of at least 4 members (excludes halogenated alkanes) is 3. The van der Waals surface area contributed by atoms with Gasteiger partial charge in [0, 0.05) is 25.2 Å². The lowest BCUT2D eigenvalue weighted by Gasteiger charge is -2.48. The molecule has 0 aromatic heterocycles. The lowest BCUT2D eigenvalue weighted by atomic mass is 9.95. The molecule has 2 saturated heterocycles. The summed E-state index contributed by atoms with van der Waals surface area (Å²) in [5.41, 5.74) is 0. The molecule has 18 heavy (non-hydrogen) atoms. The van der Waals surface area contributed by atoms with Crippen LogP contribution < -0.4 is 0 Å². The van der Waals surface area contributed by atoms with Gasteiger partial charge >= 0.3 is 0 Å². The van der Waals surface area contributed by atoms with Gasteiger partial charge in [0.2, 0.25) is 0 Å². The van der Waals surface area contributed by atoms with Crippen molar-refractivity contribution in [3.8, 4) is 0 Å². The van der Waals surface area contributed by atoms with Crippen molar-refractivity contribution in [3.05, 3.63) is 0 Å². The van der Waals surface area contributed by atoms with E-state index in [1.807, 2.05) is 0 Å². The Morgan fingerprint density at radius 2 is 1.89 bits per heavy atom. The van der Waals surface area contributed by atoms with Crippen LogP contribution in [0.4, 0.5) is 0 Å². The zero-order chi connectivity index (χ0) is 12.8. The first-order chi connectivity index (χ1) is 8.85. The minimum atomic E-state index is 0.834. The van der Waals surface area contributed by atoms with Gasteiger partial charge in [-0.15, -0.1) is 0 Å². The van der Waals surface area contributed by atoms with Crippen LogP contribution in [0.2, 0.25) is 0 Å². The van der Waals surface area contributed by atoms with Crippen LogP contribution in [0.5, 0.6) is 0 Å². The van der Waals surface area contributed by atoms with Crippen molar-refractivity contribution in [2.75, 3.05) is 26.2 Å². The Morgan fingerprint density at radius 3 is 2.67 bits per heavy atom. The fourth-order valence-electron chi connectivity index (χ4n) is 3.72. The summed E-state index contributed by atoms with van der Waals surface area (Å²) in [6.07, 6.45) is 11.3. The Bertz CT molecular complexity index is 229. The number of fused-ring (bicyclic) bond motifs is 1. The molecule has 0 amide bonds. The van der Waals surface area contributed by atoms with E-state index in [2.05, 4.69) is 23.6 Å². The van der Waals surface area contributed by atoms with E-state index in [9.17, 15) is 0 Å². The first-order valence-electron chi connectivity index (χ1n) is 8.33. The van der Waals surface area contributed by atoms with Crippen molar-refractivity contribution in [3.63, 3.8) is 0 Å². The third-order valence-corrected chi connectivity index (χ3v) is 4.93. The van der Waals surface area contributed by atoms with Crippen LogP contribution >= 0.6 is 0 Å². The Kier molecular flexibility index (Phi) is 5.97. The van der Waals surface area contributed by atoms with Crippen LogP contribution in [0.25, 0.3) is 0 Å². The number of rotatable bonds is 6.